The summed E-state index contributed by atoms with van der Waals surface area (Å²) < 4.78 is 0.998. The molecule has 1 aliphatic heterocycles. The third kappa shape index (κ3) is 4.13. The highest BCUT2D eigenvalue weighted by Crippen LogP contribution is 2.68. The second kappa shape index (κ2) is 5.98. The van der Waals surface area contributed by atoms with Gasteiger partial charge in [-0.2, -0.15) is 5.10 Å². The van der Waals surface area contributed by atoms with Crippen molar-refractivity contribution >= 4 is 52.6 Å². The Bertz CT molecular complexity index is 291. The summed E-state index contributed by atoms with van der Waals surface area (Å²) >= 11 is 9.97. The highest BCUT2D eigenvalue weighted by atomic mass is 33.5. The van der Waals surface area contributed by atoms with Gasteiger partial charge in [0, 0.05) is 4.75 Å². The zero-order valence-electron chi connectivity index (χ0n) is 10.0. The molecule has 0 saturated heterocycles. The average molecular weight is 297 g/mol. The van der Waals surface area contributed by atoms with Crippen molar-refractivity contribution < 1.29 is 0 Å². The highest BCUT2D eigenvalue weighted by molar-refractivity contribution is 9.31. The fourth-order valence-corrected chi connectivity index (χ4v) is 8.50. The van der Waals surface area contributed by atoms with Crippen LogP contribution >= 0.6 is 42.8 Å². The molecule has 94 valence electrons. The summed E-state index contributed by atoms with van der Waals surface area (Å²) in [7, 11) is 0.527. The van der Waals surface area contributed by atoms with Crippen LogP contribution in [0.1, 0.15) is 46.5 Å². The van der Waals surface area contributed by atoms with Crippen LogP contribution in [0.3, 0.4) is 0 Å². The van der Waals surface area contributed by atoms with Crippen molar-refractivity contribution in [1.82, 2.24) is 5.43 Å². The Balaban J connectivity index is 2.51. The summed E-state index contributed by atoms with van der Waals surface area (Å²) in [5.74, 6) is 0. The highest BCUT2D eigenvalue weighted by Gasteiger charge is 2.35. The topological polar surface area (TPSA) is 24.4 Å². The van der Waals surface area contributed by atoms with E-state index in [2.05, 4.69) is 31.3 Å². The summed E-state index contributed by atoms with van der Waals surface area (Å²) in [6.45, 7) is 6.77. The largest absolute Gasteiger partial charge is 0.261 e. The molecule has 1 rings (SSSR count). The van der Waals surface area contributed by atoms with E-state index in [4.69, 9.17) is 23.9 Å². The zero-order chi connectivity index (χ0) is 12.2. The van der Waals surface area contributed by atoms with Crippen LogP contribution in [0.5, 0.6) is 0 Å². The average Bonchev–Trinajstić information content (AvgIpc) is 2.46. The first-order chi connectivity index (χ1) is 7.40. The molecule has 1 unspecified atom stereocenters. The molecule has 1 N–H and O–H groups in total. The van der Waals surface area contributed by atoms with Gasteiger partial charge in [0.15, 0.2) is 4.32 Å². The Morgan fingerprint density at radius 1 is 1.56 bits per heavy atom. The molecule has 1 atom stereocenters. The van der Waals surface area contributed by atoms with Crippen molar-refractivity contribution in [3.63, 3.8) is 0 Å². The minimum absolute atomic E-state index is 0.217. The second-order valence-corrected chi connectivity index (χ2v) is 12.7. The van der Waals surface area contributed by atoms with E-state index in [1.54, 1.807) is 0 Å². The quantitative estimate of drug-likeness (QED) is 0.327. The van der Waals surface area contributed by atoms with Gasteiger partial charge in [-0.15, -0.1) is 11.7 Å². The molecule has 1 aliphatic rings. The molecular formula is C10H20N2S4. The Hall–Kier alpha value is 0.610. The third-order valence-electron chi connectivity index (χ3n) is 2.35. The number of unbranched alkanes of at least 4 members (excludes halogenated alkanes) is 2. The van der Waals surface area contributed by atoms with Crippen LogP contribution in [0.25, 0.3) is 0 Å². The van der Waals surface area contributed by atoms with Crippen molar-refractivity contribution in [3.8, 4) is 0 Å². The van der Waals surface area contributed by atoms with Crippen molar-refractivity contribution in [3.05, 3.63) is 0 Å². The molecule has 0 amide bonds. The van der Waals surface area contributed by atoms with Crippen LogP contribution in [0, 0.1) is 0 Å². The van der Waals surface area contributed by atoms with Gasteiger partial charge < -0.3 is 0 Å². The summed E-state index contributed by atoms with van der Waals surface area (Å²) in [4.78, 5) is 0. The molecule has 0 bridgehead atoms. The lowest BCUT2D eigenvalue weighted by Gasteiger charge is -2.34. The molecule has 0 aliphatic carbocycles. The van der Waals surface area contributed by atoms with Gasteiger partial charge in [-0.25, -0.2) is 0 Å². The maximum absolute atomic E-state index is 5.26. The molecule has 2 nitrogen and oxygen atoms in total. The van der Waals surface area contributed by atoms with E-state index in [0.29, 0.717) is 0 Å². The van der Waals surface area contributed by atoms with Gasteiger partial charge >= 0.3 is 0 Å². The number of hydrogen-bond donors (Lipinski definition) is 2. The van der Waals surface area contributed by atoms with E-state index in [1.165, 1.54) is 25.7 Å². The van der Waals surface area contributed by atoms with Crippen LogP contribution < -0.4 is 5.43 Å². The first-order valence-electron chi connectivity index (χ1n) is 5.49. The Morgan fingerprint density at radius 2 is 2.25 bits per heavy atom. The third-order valence-corrected chi connectivity index (χ3v) is 10.2. The lowest BCUT2D eigenvalue weighted by molar-refractivity contribution is 0.575. The fourth-order valence-electron chi connectivity index (χ4n) is 1.51. The number of nitrogens with zero attached hydrogens (tertiary/aromatic N) is 1. The first kappa shape index (κ1) is 14.7. The number of thiol groups is 1. The monoisotopic (exact) mass is 296 g/mol. The summed E-state index contributed by atoms with van der Waals surface area (Å²) in [6.07, 6.45) is 5.05. The molecule has 0 saturated carbocycles. The number of hydrazone groups is 1. The molecule has 1 heterocycles. The summed E-state index contributed by atoms with van der Waals surface area (Å²) in [5, 5.41) is 4.02. The van der Waals surface area contributed by atoms with Crippen molar-refractivity contribution in [2.75, 3.05) is 0 Å². The minimum atomic E-state index is -1.34. The maximum atomic E-state index is 5.26. The van der Waals surface area contributed by atoms with E-state index in [-0.39, 0.29) is 4.75 Å². The number of rotatable bonds is 6. The van der Waals surface area contributed by atoms with Gasteiger partial charge in [0.25, 0.3) is 0 Å². The van der Waals surface area contributed by atoms with Gasteiger partial charge in [0.05, 0.1) is 5.55 Å². The van der Waals surface area contributed by atoms with Gasteiger partial charge in [-0.3, -0.25) is 5.43 Å². The fraction of sp³-hybridized carbons (Fsp3) is 0.800. The number of hydrogen-bond acceptors (Lipinski definition) is 4. The van der Waals surface area contributed by atoms with Gasteiger partial charge in [-0.1, -0.05) is 57.3 Å². The second-order valence-electron chi connectivity index (χ2n) is 4.50. The normalized spacial score (nSPS) is 28.9. The number of nitrogens with one attached hydrogen (secondary N) is 1. The van der Waals surface area contributed by atoms with E-state index >= 15 is 0 Å². The predicted octanol–water partition coefficient (Wildman–Crippen LogP) is 4.47. The Morgan fingerprint density at radius 3 is 2.75 bits per heavy atom. The SMILES string of the molecule is CCCCCC(C)(C)SS1(S)C=NNC1=S. The lowest BCUT2D eigenvalue weighted by Crippen LogP contribution is -2.19. The molecule has 6 heteroatoms. The van der Waals surface area contributed by atoms with E-state index < -0.39 is 8.09 Å². The molecule has 0 spiro atoms. The van der Waals surface area contributed by atoms with Gasteiger partial charge in [0.2, 0.25) is 0 Å². The first-order valence-corrected chi connectivity index (χ1v) is 9.98. The molecule has 0 aromatic heterocycles. The van der Waals surface area contributed by atoms with Gasteiger partial charge in [-0.05, 0) is 20.3 Å². The number of thiocarbonyl (C=S) groups is 1. The van der Waals surface area contributed by atoms with Crippen LogP contribution in [-0.4, -0.2) is 14.6 Å². The van der Waals surface area contributed by atoms with E-state index in [0.717, 1.165) is 4.32 Å². The lowest BCUT2D eigenvalue weighted by atomic mass is 10.0. The Kier molecular flexibility index (Phi) is 5.48. The molecular weight excluding hydrogens is 276 g/mol. The van der Waals surface area contributed by atoms with Crippen LogP contribution in [0.15, 0.2) is 5.10 Å². The molecule has 0 aromatic rings. The smallest absolute Gasteiger partial charge is 0.159 e. The maximum Gasteiger partial charge on any atom is 0.159 e. The Labute approximate surface area is 114 Å². The van der Waals surface area contributed by atoms with Crippen molar-refractivity contribution in [1.29, 1.82) is 0 Å². The van der Waals surface area contributed by atoms with Crippen molar-refractivity contribution in [2.45, 2.75) is 51.2 Å². The molecule has 0 aromatic carbocycles. The van der Waals surface area contributed by atoms with E-state index in [1.807, 2.05) is 16.3 Å². The molecule has 0 fully saturated rings. The summed E-state index contributed by atoms with van der Waals surface area (Å²) in [6, 6.07) is 0. The predicted molar refractivity (Wildman–Crippen MR) is 86.6 cm³/mol. The molecule has 16 heavy (non-hydrogen) atoms. The van der Waals surface area contributed by atoms with Crippen LogP contribution in [0.2, 0.25) is 0 Å². The minimum Gasteiger partial charge on any atom is -0.261 e. The van der Waals surface area contributed by atoms with Crippen LogP contribution in [-0.2, 0) is 0 Å². The standard InChI is InChI=1S/C10H20N2S4/c1-4-5-6-7-10(2,3)15-16(14)8-11-12-9(16)13/h8,14H,4-7H2,1-3H3,(H,12,13). The van der Waals surface area contributed by atoms with Gasteiger partial charge in [0.1, 0.15) is 0 Å². The summed E-state index contributed by atoms with van der Waals surface area (Å²) in [5.41, 5.74) is 4.72. The van der Waals surface area contributed by atoms with Crippen LogP contribution in [0.4, 0.5) is 0 Å². The molecule has 0 radical (unpaired) electrons. The van der Waals surface area contributed by atoms with Crippen molar-refractivity contribution in [2.24, 2.45) is 5.10 Å². The zero-order valence-corrected chi connectivity index (χ0v) is 13.4. The van der Waals surface area contributed by atoms with E-state index in [9.17, 15) is 0 Å².